The second kappa shape index (κ2) is 6.21. The standard InChI is InChI=1S/C12H20N4O3/c1-5-15(6-2)9(17)7-16-8(3)14-10(11(16)13)12(18)19-4/h5-7,13H2,1-4H3. The van der Waals surface area contributed by atoms with Crippen LogP contribution in [0.1, 0.15) is 30.2 Å². The van der Waals surface area contributed by atoms with Gasteiger partial charge in [-0.25, -0.2) is 9.78 Å². The zero-order valence-electron chi connectivity index (χ0n) is 11.8. The molecule has 7 nitrogen and oxygen atoms in total. The van der Waals surface area contributed by atoms with E-state index >= 15 is 0 Å². The van der Waals surface area contributed by atoms with Crippen LogP contribution >= 0.6 is 0 Å². The fourth-order valence-electron chi connectivity index (χ4n) is 1.84. The summed E-state index contributed by atoms with van der Waals surface area (Å²) in [6, 6.07) is 0. The summed E-state index contributed by atoms with van der Waals surface area (Å²) in [7, 11) is 1.26. The topological polar surface area (TPSA) is 90.5 Å². The van der Waals surface area contributed by atoms with Gasteiger partial charge < -0.3 is 19.9 Å². The molecule has 19 heavy (non-hydrogen) atoms. The van der Waals surface area contributed by atoms with Crippen molar-refractivity contribution in [2.24, 2.45) is 0 Å². The smallest absolute Gasteiger partial charge is 0.360 e. The van der Waals surface area contributed by atoms with Crippen molar-refractivity contribution < 1.29 is 14.3 Å². The Morgan fingerprint density at radius 3 is 2.42 bits per heavy atom. The Morgan fingerprint density at radius 1 is 1.37 bits per heavy atom. The third-order valence-electron chi connectivity index (χ3n) is 2.99. The number of carbonyl (C=O) groups is 2. The number of amides is 1. The quantitative estimate of drug-likeness (QED) is 0.782. The highest BCUT2D eigenvalue weighted by atomic mass is 16.5. The Morgan fingerprint density at radius 2 is 1.95 bits per heavy atom. The van der Waals surface area contributed by atoms with Gasteiger partial charge in [-0.1, -0.05) is 0 Å². The molecule has 1 amide bonds. The van der Waals surface area contributed by atoms with Gasteiger partial charge in [0.15, 0.2) is 5.69 Å². The number of nitrogens with zero attached hydrogens (tertiary/aromatic N) is 3. The van der Waals surface area contributed by atoms with Crippen LogP contribution in [0.2, 0.25) is 0 Å². The van der Waals surface area contributed by atoms with Gasteiger partial charge in [0.05, 0.1) is 7.11 Å². The van der Waals surface area contributed by atoms with E-state index in [0.29, 0.717) is 18.9 Å². The monoisotopic (exact) mass is 268 g/mol. The van der Waals surface area contributed by atoms with Crippen LogP contribution in [-0.2, 0) is 16.1 Å². The predicted molar refractivity (Wildman–Crippen MR) is 70.6 cm³/mol. The number of anilines is 1. The van der Waals surface area contributed by atoms with Crippen LogP contribution in [0.4, 0.5) is 5.82 Å². The van der Waals surface area contributed by atoms with E-state index in [4.69, 9.17) is 5.73 Å². The van der Waals surface area contributed by atoms with Gasteiger partial charge in [-0.2, -0.15) is 0 Å². The number of aryl methyl sites for hydroxylation is 1. The largest absolute Gasteiger partial charge is 0.464 e. The van der Waals surface area contributed by atoms with Gasteiger partial charge in [0.2, 0.25) is 5.91 Å². The number of aromatic nitrogens is 2. The van der Waals surface area contributed by atoms with Crippen molar-refractivity contribution in [3.8, 4) is 0 Å². The number of imidazole rings is 1. The molecule has 0 saturated heterocycles. The Balaban J connectivity index is 2.99. The van der Waals surface area contributed by atoms with Crippen molar-refractivity contribution in [3.05, 3.63) is 11.5 Å². The zero-order valence-corrected chi connectivity index (χ0v) is 11.8. The first-order valence-corrected chi connectivity index (χ1v) is 6.14. The van der Waals surface area contributed by atoms with Crippen LogP contribution in [0.3, 0.4) is 0 Å². The summed E-state index contributed by atoms with van der Waals surface area (Å²) in [5.41, 5.74) is 5.89. The maximum absolute atomic E-state index is 12.0. The minimum Gasteiger partial charge on any atom is -0.464 e. The molecule has 0 atom stereocenters. The van der Waals surface area contributed by atoms with Gasteiger partial charge in [0, 0.05) is 13.1 Å². The Hall–Kier alpha value is -2.05. The molecule has 2 N–H and O–H groups in total. The van der Waals surface area contributed by atoms with E-state index in [1.165, 1.54) is 11.7 Å². The second-order valence-corrected chi connectivity index (χ2v) is 4.04. The van der Waals surface area contributed by atoms with Crippen molar-refractivity contribution in [3.63, 3.8) is 0 Å². The second-order valence-electron chi connectivity index (χ2n) is 4.04. The maximum atomic E-state index is 12.0. The molecule has 0 aliphatic heterocycles. The van der Waals surface area contributed by atoms with Gasteiger partial charge in [0.25, 0.3) is 0 Å². The van der Waals surface area contributed by atoms with Crippen molar-refractivity contribution >= 4 is 17.7 Å². The first-order valence-electron chi connectivity index (χ1n) is 6.14. The number of nitrogens with two attached hydrogens (primary N) is 1. The number of methoxy groups -OCH3 is 1. The molecule has 106 valence electrons. The lowest BCUT2D eigenvalue weighted by Crippen LogP contribution is -2.34. The van der Waals surface area contributed by atoms with E-state index in [2.05, 4.69) is 9.72 Å². The summed E-state index contributed by atoms with van der Waals surface area (Å²) >= 11 is 0. The summed E-state index contributed by atoms with van der Waals surface area (Å²) in [4.78, 5) is 29.2. The highest BCUT2D eigenvalue weighted by Gasteiger charge is 2.21. The lowest BCUT2D eigenvalue weighted by molar-refractivity contribution is -0.131. The molecule has 0 spiro atoms. The van der Waals surface area contributed by atoms with E-state index in [1.807, 2.05) is 13.8 Å². The number of likely N-dealkylation sites (N-methyl/N-ethyl adjacent to an activating group) is 1. The summed E-state index contributed by atoms with van der Waals surface area (Å²) < 4.78 is 6.11. The fourth-order valence-corrected chi connectivity index (χ4v) is 1.84. The van der Waals surface area contributed by atoms with Crippen molar-refractivity contribution in [1.29, 1.82) is 0 Å². The number of nitrogen functional groups attached to an aromatic ring is 1. The van der Waals surface area contributed by atoms with Gasteiger partial charge >= 0.3 is 5.97 Å². The number of hydrogen-bond donors (Lipinski definition) is 1. The first-order chi connectivity index (χ1) is 8.96. The molecule has 1 heterocycles. The minimum atomic E-state index is -0.602. The molecule has 1 aromatic heterocycles. The van der Waals surface area contributed by atoms with Crippen LogP contribution in [0, 0.1) is 6.92 Å². The molecule has 0 unspecified atom stereocenters. The molecular formula is C12H20N4O3. The van der Waals surface area contributed by atoms with E-state index in [0.717, 1.165) is 0 Å². The highest BCUT2D eigenvalue weighted by Crippen LogP contribution is 2.15. The van der Waals surface area contributed by atoms with Crippen LogP contribution in [0.15, 0.2) is 0 Å². The number of esters is 1. The summed E-state index contributed by atoms with van der Waals surface area (Å²) in [6.07, 6.45) is 0. The molecule has 0 aromatic carbocycles. The number of carbonyl (C=O) groups excluding carboxylic acids is 2. The Labute approximate surface area is 112 Å². The fraction of sp³-hybridized carbons (Fsp3) is 0.583. The summed E-state index contributed by atoms with van der Waals surface area (Å²) in [5.74, 6) is 0.00603. The van der Waals surface area contributed by atoms with E-state index in [1.54, 1.807) is 11.8 Å². The third-order valence-corrected chi connectivity index (χ3v) is 2.99. The average Bonchev–Trinajstić information content (AvgIpc) is 2.67. The van der Waals surface area contributed by atoms with E-state index in [9.17, 15) is 9.59 Å². The van der Waals surface area contributed by atoms with Crippen molar-refractivity contribution in [2.45, 2.75) is 27.3 Å². The van der Waals surface area contributed by atoms with Crippen LogP contribution in [0.25, 0.3) is 0 Å². The molecule has 0 fully saturated rings. The minimum absolute atomic E-state index is 0.0485. The summed E-state index contributed by atoms with van der Waals surface area (Å²) in [5, 5.41) is 0. The molecule has 0 saturated carbocycles. The predicted octanol–water partition coefficient (Wildman–Crippen LogP) is 0.429. The Kier molecular flexibility index (Phi) is 4.91. The highest BCUT2D eigenvalue weighted by molar-refractivity contribution is 5.92. The molecule has 1 rings (SSSR count). The Bertz CT molecular complexity index is 478. The molecule has 0 aliphatic rings. The molecule has 7 heteroatoms. The van der Waals surface area contributed by atoms with Gasteiger partial charge in [-0.05, 0) is 20.8 Å². The van der Waals surface area contributed by atoms with E-state index in [-0.39, 0.29) is 24.0 Å². The molecule has 0 radical (unpaired) electrons. The molecule has 1 aromatic rings. The van der Waals surface area contributed by atoms with E-state index < -0.39 is 5.97 Å². The van der Waals surface area contributed by atoms with Crippen molar-refractivity contribution in [2.75, 3.05) is 25.9 Å². The van der Waals surface area contributed by atoms with Crippen LogP contribution < -0.4 is 5.73 Å². The third kappa shape index (κ3) is 3.04. The number of ether oxygens (including phenoxy) is 1. The van der Waals surface area contributed by atoms with Crippen LogP contribution in [0.5, 0.6) is 0 Å². The molecular weight excluding hydrogens is 248 g/mol. The number of rotatable bonds is 5. The summed E-state index contributed by atoms with van der Waals surface area (Å²) in [6.45, 7) is 6.85. The average molecular weight is 268 g/mol. The molecule has 0 bridgehead atoms. The lowest BCUT2D eigenvalue weighted by Gasteiger charge is -2.19. The first kappa shape index (κ1) is 15.0. The van der Waals surface area contributed by atoms with Gasteiger partial charge in [-0.15, -0.1) is 0 Å². The SMILES string of the molecule is CCN(CC)C(=O)Cn1c(C)nc(C(=O)OC)c1N. The van der Waals surface area contributed by atoms with Crippen molar-refractivity contribution in [1.82, 2.24) is 14.5 Å². The zero-order chi connectivity index (χ0) is 14.6. The van der Waals surface area contributed by atoms with Gasteiger partial charge in [-0.3, -0.25) is 4.79 Å². The normalized spacial score (nSPS) is 10.3. The lowest BCUT2D eigenvalue weighted by atomic mass is 10.4. The van der Waals surface area contributed by atoms with Crippen LogP contribution in [-0.4, -0.2) is 46.5 Å². The van der Waals surface area contributed by atoms with Gasteiger partial charge in [0.1, 0.15) is 18.2 Å². The number of hydrogen-bond acceptors (Lipinski definition) is 5. The molecule has 0 aliphatic carbocycles. The maximum Gasteiger partial charge on any atom is 0.360 e.